The Morgan fingerprint density at radius 3 is 2.24 bits per heavy atom. The van der Waals surface area contributed by atoms with Gasteiger partial charge in [-0.15, -0.1) is 0 Å². The average Bonchev–Trinajstić information content (AvgIpc) is 2.39. The van der Waals surface area contributed by atoms with Crippen molar-refractivity contribution in [2.24, 2.45) is 4.99 Å². The summed E-state index contributed by atoms with van der Waals surface area (Å²) in [6.07, 6.45) is 1.84. The number of rotatable bonds is 3. The van der Waals surface area contributed by atoms with Crippen LogP contribution in [0.4, 0.5) is 5.69 Å². The zero-order chi connectivity index (χ0) is 12.1. The zero-order valence-corrected chi connectivity index (χ0v) is 11.0. The fourth-order valence-corrected chi connectivity index (χ4v) is 1.63. The van der Waals surface area contributed by atoms with Gasteiger partial charge >= 0.3 is 0 Å². The number of nitrogens with zero attached hydrogens (tertiary/aromatic N) is 1. The lowest BCUT2D eigenvalue weighted by atomic mass is 10.2. The van der Waals surface area contributed by atoms with E-state index >= 15 is 0 Å². The fourth-order valence-electron chi connectivity index (χ4n) is 1.37. The molecule has 0 saturated carbocycles. The Kier molecular flexibility index (Phi) is 3.94. The monoisotopic (exact) mass is 289 g/mol. The van der Waals surface area contributed by atoms with E-state index in [1.165, 1.54) is 0 Å². The molecule has 0 bridgehead atoms. The minimum absolute atomic E-state index is 0.840. The highest BCUT2D eigenvalue weighted by atomic mass is 79.9. The molecule has 0 spiro atoms. The number of ether oxygens (including phenoxy) is 1. The van der Waals surface area contributed by atoms with Gasteiger partial charge in [0.2, 0.25) is 0 Å². The first-order valence-corrected chi connectivity index (χ1v) is 6.01. The van der Waals surface area contributed by atoms with Gasteiger partial charge in [-0.1, -0.05) is 28.1 Å². The van der Waals surface area contributed by atoms with Crippen LogP contribution in [-0.2, 0) is 0 Å². The Morgan fingerprint density at radius 1 is 1.00 bits per heavy atom. The van der Waals surface area contributed by atoms with Gasteiger partial charge in [-0.05, 0) is 42.0 Å². The van der Waals surface area contributed by atoms with Crippen LogP contribution in [0.25, 0.3) is 0 Å². The molecule has 0 heterocycles. The highest BCUT2D eigenvalue weighted by Gasteiger charge is 1.92. The average molecular weight is 290 g/mol. The molecule has 2 rings (SSSR count). The van der Waals surface area contributed by atoms with E-state index in [1.54, 1.807) is 7.11 Å². The molecule has 0 fully saturated rings. The van der Waals surface area contributed by atoms with Gasteiger partial charge in [0, 0.05) is 10.7 Å². The fraction of sp³-hybridized carbons (Fsp3) is 0.0714. The van der Waals surface area contributed by atoms with Gasteiger partial charge in [0.15, 0.2) is 0 Å². The quantitative estimate of drug-likeness (QED) is 0.776. The van der Waals surface area contributed by atoms with E-state index in [0.717, 1.165) is 21.5 Å². The second-order valence-electron chi connectivity index (χ2n) is 3.51. The molecule has 0 aromatic heterocycles. The van der Waals surface area contributed by atoms with Crippen LogP contribution >= 0.6 is 15.9 Å². The number of benzene rings is 2. The lowest BCUT2D eigenvalue weighted by Crippen LogP contribution is -1.81. The van der Waals surface area contributed by atoms with E-state index in [9.17, 15) is 0 Å². The number of methoxy groups -OCH3 is 1. The van der Waals surface area contributed by atoms with E-state index in [-0.39, 0.29) is 0 Å². The topological polar surface area (TPSA) is 21.6 Å². The van der Waals surface area contributed by atoms with Crippen LogP contribution in [-0.4, -0.2) is 13.3 Å². The van der Waals surface area contributed by atoms with Crippen LogP contribution in [0, 0.1) is 0 Å². The minimum Gasteiger partial charge on any atom is -0.497 e. The maximum Gasteiger partial charge on any atom is 0.119 e. The molecule has 0 N–H and O–H groups in total. The molecule has 0 radical (unpaired) electrons. The van der Waals surface area contributed by atoms with Crippen LogP contribution in [0.2, 0.25) is 0 Å². The lowest BCUT2D eigenvalue weighted by molar-refractivity contribution is 0.415. The summed E-state index contributed by atoms with van der Waals surface area (Å²) in [5, 5.41) is 0. The zero-order valence-electron chi connectivity index (χ0n) is 9.43. The molecule has 0 aliphatic carbocycles. The Bertz CT molecular complexity index is 503. The summed E-state index contributed by atoms with van der Waals surface area (Å²) in [5.41, 5.74) is 1.98. The van der Waals surface area contributed by atoms with Gasteiger partial charge in [-0.25, -0.2) is 0 Å². The minimum atomic E-state index is 0.840. The first-order valence-electron chi connectivity index (χ1n) is 5.21. The van der Waals surface area contributed by atoms with Crippen LogP contribution in [0.1, 0.15) is 5.56 Å². The van der Waals surface area contributed by atoms with E-state index < -0.39 is 0 Å². The molecular weight excluding hydrogens is 278 g/mol. The first-order chi connectivity index (χ1) is 8.28. The summed E-state index contributed by atoms with van der Waals surface area (Å²) >= 11 is 3.40. The summed E-state index contributed by atoms with van der Waals surface area (Å²) in [6, 6.07) is 15.7. The molecule has 0 saturated heterocycles. The standard InChI is InChI=1S/C14H12BrNO/c1-17-14-8-6-13(7-9-14)16-10-11-2-4-12(15)5-3-11/h2-10H,1H3/b16-10+. The Morgan fingerprint density at radius 2 is 1.65 bits per heavy atom. The second kappa shape index (κ2) is 5.64. The Balaban J connectivity index is 2.11. The largest absolute Gasteiger partial charge is 0.497 e. The van der Waals surface area contributed by atoms with Gasteiger partial charge in [0.1, 0.15) is 5.75 Å². The summed E-state index contributed by atoms with van der Waals surface area (Å²) in [5.74, 6) is 0.840. The molecule has 0 aliphatic heterocycles. The van der Waals surface area contributed by atoms with Crippen molar-refractivity contribution in [3.05, 3.63) is 58.6 Å². The lowest BCUT2D eigenvalue weighted by Gasteiger charge is -1.99. The number of aliphatic imine (C=N–C) groups is 1. The van der Waals surface area contributed by atoms with Gasteiger partial charge in [-0.2, -0.15) is 0 Å². The summed E-state index contributed by atoms with van der Waals surface area (Å²) in [6.45, 7) is 0. The normalized spacial score (nSPS) is 10.7. The predicted molar refractivity (Wildman–Crippen MR) is 74.4 cm³/mol. The number of hydrogen-bond donors (Lipinski definition) is 0. The molecule has 0 atom stereocenters. The molecular formula is C14H12BrNO. The third kappa shape index (κ3) is 3.43. The summed E-state index contributed by atoms with van der Waals surface area (Å²) in [7, 11) is 1.65. The smallest absolute Gasteiger partial charge is 0.119 e. The molecule has 2 aromatic carbocycles. The van der Waals surface area contributed by atoms with Crippen molar-refractivity contribution in [3.63, 3.8) is 0 Å². The van der Waals surface area contributed by atoms with E-state index in [1.807, 2.05) is 54.7 Å². The van der Waals surface area contributed by atoms with Gasteiger partial charge in [0.05, 0.1) is 12.8 Å². The molecule has 2 aromatic rings. The maximum absolute atomic E-state index is 5.09. The van der Waals surface area contributed by atoms with Gasteiger partial charge < -0.3 is 4.74 Å². The summed E-state index contributed by atoms with van der Waals surface area (Å²) in [4.78, 5) is 4.39. The van der Waals surface area contributed by atoms with Crippen molar-refractivity contribution in [3.8, 4) is 5.75 Å². The van der Waals surface area contributed by atoms with Crippen molar-refractivity contribution < 1.29 is 4.74 Å². The molecule has 86 valence electrons. The van der Waals surface area contributed by atoms with E-state index in [0.29, 0.717) is 0 Å². The molecule has 3 heteroatoms. The van der Waals surface area contributed by atoms with Crippen LogP contribution in [0.5, 0.6) is 5.75 Å². The third-order valence-corrected chi connectivity index (χ3v) is 2.83. The maximum atomic E-state index is 5.09. The van der Waals surface area contributed by atoms with Crippen LogP contribution < -0.4 is 4.74 Å². The third-order valence-electron chi connectivity index (χ3n) is 2.31. The van der Waals surface area contributed by atoms with E-state index in [4.69, 9.17) is 4.74 Å². The number of halogens is 1. The van der Waals surface area contributed by atoms with Gasteiger partial charge in [0.25, 0.3) is 0 Å². The second-order valence-corrected chi connectivity index (χ2v) is 4.42. The summed E-state index contributed by atoms with van der Waals surface area (Å²) < 4.78 is 6.16. The van der Waals surface area contributed by atoms with Gasteiger partial charge in [-0.3, -0.25) is 4.99 Å². The van der Waals surface area contributed by atoms with Crippen molar-refractivity contribution in [1.29, 1.82) is 0 Å². The Hall–Kier alpha value is -1.61. The Labute approximate surface area is 109 Å². The molecule has 0 amide bonds. The SMILES string of the molecule is COc1ccc(/N=C/c2ccc(Br)cc2)cc1. The van der Waals surface area contributed by atoms with Crippen molar-refractivity contribution in [2.45, 2.75) is 0 Å². The molecule has 0 aliphatic rings. The molecule has 0 unspecified atom stereocenters. The van der Waals surface area contributed by atoms with Crippen molar-refractivity contribution in [2.75, 3.05) is 7.11 Å². The highest BCUT2D eigenvalue weighted by molar-refractivity contribution is 9.10. The van der Waals surface area contributed by atoms with Crippen LogP contribution in [0.15, 0.2) is 58.0 Å². The molecule has 2 nitrogen and oxygen atoms in total. The first kappa shape index (κ1) is 11.9. The van der Waals surface area contributed by atoms with Crippen molar-refractivity contribution in [1.82, 2.24) is 0 Å². The molecule has 17 heavy (non-hydrogen) atoms. The highest BCUT2D eigenvalue weighted by Crippen LogP contribution is 2.17. The number of hydrogen-bond acceptors (Lipinski definition) is 2. The van der Waals surface area contributed by atoms with Crippen molar-refractivity contribution >= 4 is 27.8 Å². The van der Waals surface area contributed by atoms with Crippen LogP contribution in [0.3, 0.4) is 0 Å². The van der Waals surface area contributed by atoms with E-state index in [2.05, 4.69) is 20.9 Å². The predicted octanol–water partition coefficient (Wildman–Crippen LogP) is 4.21.